The molecule has 0 saturated carbocycles. The summed E-state index contributed by atoms with van der Waals surface area (Å²) in [5.74, 6) is 0.547. The topological polar surface area (TPSA) is 62.5 Å². The number of carbonyl (C=O) groups is 1. The molecule has 0 radical (unpaired) electrons. The van der Waals surface area contributed by atoms with Gasteiger partial charge < -0.3 is 14.8 Å². The Morgan fingerprint density at radius 1 is 1.42 bits per heavy atom. The predicted molar refractivity (Wildman–Crippen MR) is 72.2 cm³/mol. The van der Waals surface area contributed by atoms with Crippen molar-refractivity contribution in [2.45, 2.75) is 13.0 Å². The normalized spacial score (nSPS) is 12.2. The summed E-state index contributed by atoms with van der Waals surface area (Å²) in [6, 6.07) is 10.2. The maximum Gasteiger partial charge on any atom is 0.287 e. The number of amides is 1. The molecule has 0 aliphatic heterocycles. The predicted octanol–water partition coefficient (Wildman–Crippen LogP) is 2.70. The number of halogens is 1. The third-order valence-electron chi connectivity index (χ3n) is 2.65. The minimum Gasteiger partial charge on any atom is -0.456 e. The number of aliphatic hydroxyl groups excluding tert-OH is 1. The van der Waals surface area contributed by atoms with Gasteiger partial charge in [-0.3, -0.25) is 4.79 Å². The molecule has 1 aromatic carbocycles. The average molecular weight is 280 g/mol. The first-order valence-electron chi connectivity index (χ1n) is 5.84. The van der Waals surface area contributed by atoms with Crippen molar-refractivity contribution in [3.05, 3.63) is 58.5 Å². The zero-order valence-corrected chi connectivity index (χ0v) is 11.1. The molecule has 0 aliphatic rings. The summed E-state index contributed by atoms with van der Waals surface area (Å²) < 4.78 is 5.19. The summed E-state index contributed by atoms with van der Waals surface area (Å²) in [6.07, 6.45) is -0.807. The van der Waals surface area contributed by atoms with Crippen molar-refractivity contribution < 1.29 is 14.3 Å². The van der Waals surface area contributed by atoms with Gasteiger partial charge in [0.05, 0.1) is 6.10 Å². The van der Waals surface area contributed by atoms with Crippen LogP contribution in [0.5, 0.6) is 0 Å². The van der Waals surface area contributed by atoms with E-state index in [9.17, 15) is 9.90 Å². The summed E-state index contributed by atoms with van der Waals surface area (Å²) in [7, 11) is 0. The first kappa shape index (κ1) is 13.6. The molecule has 1 amide bonds. The van der Waals surface area contributed by atoms with Crippen LogP contribution in [0.15, 0.2) is 40.8 Å². The quantitative estimate of drug-likeness (QED) is 0.904. The molecule has 4 nitrogen and oxygen atoms in total. The standard InChI is InChI=1S/C14H14ClNO3/c1-9-5-6-13(19-9)14(18)16-8-12(17)10-3-2-4-11(15)7-10/h2-7,12,17H,8H2,1H3,(H,16,18)/t12-/m1/s1. The van der Waals surface area contributed by atoms with Crippen molar-refractivity contribution in [2.75, 3.05) is 6.54 Å². The van der Waals surface area contributed by atoms with Crippen LogP contribution >= 0.6 is 11.6 Å². The van der Waals surface area contributed by atoms with E-state index in [1.165, 1.54) is 0 Å². The minimum atomic E-state index is -0.807. The summed E-state index contributed by atoms with van der Waals surface area (Å²) in [6.45, 7) is 1.86. The molecule has 5 heteroatoms. The molecule has 0 spiro atoms. The van der Waals surface area contributed by atoms with Crippen LogP contribution in [0.4, 0.5) is 0 Å². The largest absolute Gasteiger partial charge is 0.456 e. The highest BCUT2D eigenvalue weighted by molar-refractivity contribution is 6.30. The fourth-order valence-electron chi connectivity index (χ4n) is 1.66. The van der Waals surface area contributed by atoms with Gasteiger partial charge in [0.15, 0.2) is 5.76 Å². The molecular weight excluding hydrogens is 266 g/mol. The monoisotopic (exact) mass is 279 g/mol. The lowest BCUT2D eigenvalue weighted by atomic mass is 10.1. The van der Waals surface area contributed by atoms with Gasteiger partial charge in [0.25, 0.3) is 5.91 Å². The van der Waals surface area contributed by atoms with Gasteiger partial charge in [0, 0.05) is 11.6 Å². The Balaban J connectivity index is 1.93. The molecule has 2 aromatic rings. The number of carbonyl (C=O) groups excluding carboxylic acids is 1. The van der Waals surface area contributed by atoms with Crippen LogP contribution in [0.2, 0.25) is 5.02 Å². The number of hydrogen-bond donors (Lipinski definition) is 2. The zero-order chi connectivity index (χ0) is 13.8. The van der Waals surface area contributed by atoms with Gasteiger partial charge in [-0.05, 0) is 36.8 Å². The molecule has 1 heterocycles. The highest BCUT2D eigenvalue weighted by atomic mass is 35.5. The lowest BCUT2D eigenvalue weighted by molar-refractivity contribution is 0.0888. The van der Waals surface area contributed by atoms with Crippen LogP contribution in [0.1, 0.15) is 28.0 Å². The van der Waals surface area contributed by atoms with Gasteiger partial charge in [-0.2, -0.15) is 0 Å². The molecule has 100 valence electrons. The van der Waals surface area contributed by atoms with Crippen LogP contribution in [-0.4, -0.2) is 17.6 Å². The van der Waals surface area contributed by atoms with Crippen molar-refractivity contribution in [1.82, 2.24) is 5.32 Å². The van der Waals surface area contributed by atoms with Gasteiger partial charge in [-0.1, -0.05) is 23.7 Å². The van der Waals surface area contributed by atoms with Crippen LogP contribution < -0.4 is 5.32 Å². The van der Waals surface area contributed by atoms with Gasteiger partial charge >= 0.3 is 0 Å². The van der Waals surface area contributed by atoms with Gasteiger partial charge in [-0.15, -0.1) is 0 Å². The molecular formula is C14H14ClNO3. The van der Waals surface area contributed by atoms with Crippen molar-refractivity contribution in [1.29, 1.82) is 0 Å². The van der Waals surface area contributed by atoms with E-state index in [1.54, 1.807) is 43.3 Å². The fourth-order valence-corrected chi connectivity index (χ4v) is 1.86. The number of hydrogen-bond acceptors (Lipinski definition) is 3. The van der Waals surface area contributed by atoms with Crippen LogP contribution in [0, 0.1) is 6.92 Å². The number of rotatable bonds is 4. The highest BCUT2D eigenvalue weighted by Crippen LogP contribution is 2.17. The molecule has 2 rings (SSSR count). The molecule has 1 aromatic heterocycles. The van der Waals surface area contributed by atoms with Crippen LogP contribution in [0.3, 0.4) is 0 Å². The Morgan fingerprint density at radius 3 is 2.84 bits per heavy atom. The van der Waals surface area contributed by atoms with Gasteiger partial charge in [0.1, 0.15) is 5.76 Å². The molecule has 0 unspecified atom stereocenters. The number of nitrogens with one attached hydrogen (secondary N) is 1. The Labute approximate surface area is 116 Å². The molecule has 0 fully saturated rings. The van der Waals surface area contributed by atoms with E-state index in [0.29, 0.717) is 16.3 Å². The highest BCUT2D eigenvalue weighted by Gasteiger charge is 2.13. The van der Waals surface area contributed by atoms with E-state index in [0.717, 1.165) is 0 Å². The fraction of sp³-hybridized carbons (Fsp3) is 0.214. The first-order valence-corrected chi connectivity index (χ1v) is 6.22. The summed E-state index contributed by atoms with van der Waals surface area (Å²) in [5, 5.41) is 13.1. The van der Waals surface area contributed by atoms with Crippen molar-refractivity contribution in [3.63, 3.8) is 0 Å². The Hall–Kier alpha value is -1.78. The number of benzene rings is 1. The van der Waals surface area contributed by atoms with Gasteiger partial charge in [0.2, 0.25) is 0 Å². The van der Waals surface area contributed by atoms with E-state index >= 15 is 0 Å². The lowest BCUT2D eigenvalue weighted by Crippen LogP contribution is -2.28. The third kappa shape index (κ3) is 3.59. The number of aliphatic hydroxyl groups is 1. The van der Waals surface area contributed by atoms with Gasteiger partial charge in [-0.25, -0.2) is 0 Å². The maximum absolute atomic E-state index is 11.7. The van der Waals surface area contributed by atoms with E-state index < -0.39 is 6.10 Å². The molecule has 0 bridgehead atoms. The second-order valence-electron chi connectivity index (χ2n) is 4.19. The van der Waals surface area contributed by atoms with Crippen molar-refractivity contribution in [2.24, 2.45) is 0 Å². The van der Waals surface area contributed by atoms with Crippen molar-refractivity contribution >= 4 is 17.5 Å². The summed E-state index contributed by atoms with van der Waals surface area (Å²) in [4.78, 5) is 11.7. The van der Waals surface area contributed by atoms with E-state index in [-0.39, 0.29) is 18.2 Å². The number of aryl methyl sites for hydroxylation is 1. The smallest absolute Gasteiger partial charge is 0.287 e. The van der Waals surface area contributed by atoms with E-state index in [4.69, 9.17) is 16.0 Å². The van der Waals surface area contributed by atoms with E-state index in [2.05, 4.69) is 5.32 Å². The van der Waals surface area contributed by atoms with Crippen LogP contribution in [-0.2, 0) is 0 Å². The zero-order valence-electron chi connectivity index (χ0n) is 10.4. The summed E-state index contributed by atoms with van der Waals surface area (Å²) >= 11 is 5.84. The van der Waals surface area contributed by atoms with Crippen LogP contribution in [0.25, 0.3) is 0 Å². The Bertz CT molecular complexity index is 580. The second kappa shape index (κ2) is 5.91. The Morgan fingerprint density at radius 2 is 2.21 bits per heavy atom. The molecule has 0 aliphatic carbocycles. The average Bonchev–Trinajstić information content (AvgIpc) is 2.82. The molecule has 2 N–H and O–H groups in total. The minimum absolute atomic E-state index is 0.0962. The molecule has 1 atom stereocenters. The van der Waals surface area contributed by atoms with E-state index in [1.807, 2.05) is 0 Å². The Kier molecular flexibility index (Phi) is 4.24. The molecule has 0 saturated heterocycles. The SMILES string of the molecule is Cc1ccc(C(=O)NC[C@@H](O)c2cccc(Cl)c2)o1. The maximum atomic E-state index is 11.7. The summed E-state index contributed by atoms with van der Waals surface area (Å²) in [5.41, 5.74) is 0.656. The second-order valence-corrected chi connectivity index (χ2v) is 4.63. The number of furan rings is 1. The van der Waals surface area contributed by atoms with Crippen molar-refractivity contribution in [3.8, 4) is 0 Å². The first-order chi connectivity index (χ1) is 9.06. The lowest BCUT2D eigenvalue weighted by Gasteiger charge is -2.11. The molecule has 19 heavy (non-hydrogen) atoms. The third-order valence-corrected chi connectivity index (χ3v) is 2.89.